The first-order chi connectivity index (χ1) is 10.5. The second-order valence-corrected chi connectivity index (χ2v) is 4.54. The van der Waals surface area contributed by atoms with Crippen LogP contribution in [0.25, 0.3) is 27.3 Å². The Morgan fingerprint density at radius 2 is 1.59 bits per heavy atom. The van der Waals surface area contributed by atoms with Gasteiger partial charge < -0.3 is 0 Å². The maximum absolute atomic E-state index is 12.3. The molecule has 0 atom stereocenters. The summed E-state index contributed by atoms with van der Waals surface area (Å²) in [7, 11) is 0. The van der Waals surface area contributed by atoms with Crippen LogP contribution in [0.2, 0.25) is 0 Å². The van der Waals surface area contributed by atoms with Gasteiger partial charge in [0.15, 0.2) is 0 Å². The number of azide groups is 1. The molecule has 0 spiro atoms. The molecule has 0 saturated heterocycles. The van der Waals surface area contributed by atoms with Crippen LogP contribution in [0.15, 0.2) is 65.8 Å². The molecule has 0 N–H and O–H groups in total. The van der Waals surface area contributed by atoms with Crippen LogP contribution < -0.4 is 0 Å². The third-order valence-corrected chi connectivity index (χ3v) is 2.97. The first-order valence-electron chi connectivity index (χ1n) is 6.47. The smallest absolute Gasteiger partial charge is 0.171 e. The zero-order valence-electron chi connectivity index (χ0n) is 11.5. The lowest BCUT2D eigenvalue weighted by Crippen LogP contribution is -2.04. The maximum atomic E-state index is 12.3. The van der Waals surface area contributed by atoms with E-state index in [1.54, 1.807) is 24.3 Å². The summed E-state index contributed by atoms with van der Waals surface area (Å²) < 4.78 is 36.8. The molecule has 3 nitrogen and oxygen atoms in total. The number of alkyl halides is 3. The minimum Gasteiger partial charge on any atom is -0.171 e. The topological polar surface area (TPSA) is 48.8 Å². The van der Waals surface area contributed by atoms with Gasteiger partial charge in [-0.15, -0.1) is 0 Å². The fraction of sp³-hybridized carbons (Fsp3) is 0.125. The third-order valence-electron chi connectivity index (χ3n) is 2.97. The molecule has 22 heavy (non-hydrogen) atoms. The van der Waals surface area contributed by atoms with Crippen molar-refractivity contribution in [3.05, 3.63) is 76.7 Å². The number of hydrogen-bond donors (Lipinski definition) is 0. The quantitative estimate of drug-likeness (QED) is 0.380. The summed E-state index contributed by atoms with van der Waals surface area (Å²) in [6, 6.07) is 16.4. The predicted octanol–water partition coefficient (Wildman–Crippen LogP) is 5.96. The van der Waals surface area contributed by atoms with Gasteiger partial charge in [0.05, 0.1) is 6.42 Å². The highest BCUT2D eigenvalue weighted by Gasteiger charge is 2.25. The lowest BCUT2D eigenvalue weighted by atomic mass is 10.0. The van der Waals surface area contributed by atoms with Crippen LogP contribution in [0.1, 0.15) is 12.0 Å². The van der Waals surface area contributed by atoms with E-state index < -0.39 is 12.6 Å². The Morgan fingerprint density at radius 3 is 2.14 bits per heavy atom. The average molecular weight is 303 g/mol. The highest BCUT2D eigenvalue weighted by atomic mass is 19.4. The molecule has 0 amide bonds. The second kappa shape index (κ2) is 6.83. The minimum atomic E-state index is -4.33. The molecule has 0 bridgehead atoms. The fourth-order valence-corrected chi connectivity index (χ4v) is 1.94. The Bertz CT molecular complexity index is 698. The van der Waals surface area contributed by atoms with E-state index in [1.807, 2.05) is 30.3 Å². The summed E-state index contributed by atoms with van der Waals surface area (Å²) in [5, 5.41) is 3.34. The molecule has 2 aromatic carbocycles. The summed E-state index contributed by atoms with van der Waals surface area (Å²) >= 11 is 0. The van der Waals surface area contributed by atoms with Crippen molar-refractivity contribution >= 4 is 5.70 Å². The van der Waals surface area contributed by atoms with Gasteiger partial charge >= 0.3 is 6.18 Å². The Balaban J connectivity index is 2.29. The fourth-order valence-electron chi connectivity index (χ4n) is 1.94. The SMILES string of the molecule is [N-]=[N+]=NC(=CCC(F)(F)F)c1ccc(-c2ccccc2)cc1. The molecule has 6 heteroatoms. The van der Waals surface area contributed by atoms with E-state index >= 15 is 0 Å². The van der Waals surface area contributed by atoms with E-state index in [-0.39, 0.29) is 5.70 Å². The largest absolute Gasteiger partial charge is 0.392 e. The molecule has 0 saturated carbocycles. The van der Waals surface area contributed by atoms with Crippen molar-refractivity contribution in [3.63, 3.8) is 0 Å². The number of rotatable bonds is 4. The van der Waals surface area contributed by atoms with Crippen LogP contribution in [0.3, 0.4) is 0 Å². The summed E-state index contributed by atoms with van der Waals surface area (Å²) in [5.41, 5.74) is 10.8. The summed E-state index contributed by atoms with van der Waals surface area (Å²) in [4.78, 5) is 2.58. The van der Waals surface area contributed by atoms with Gasteiger partial charge in [0.25, 0.3) is 0 Å². The summed E-state index contributed by atoms with van der Waals surface area (Å²) in [6.07, 6.45) is -4.58. The van der Waals surface area contributed by atoms with E-state index in [9.17, 15) is 13.2 Å². The highest BCUT2D eigenvalue weighted by Crippen LogP contribution is 2.26. The van der Waals surface area contributed by atoms with Crippen molar-refractivity contribution < 1.29 is 13.2 Å². The number of nitrogens with zero attached hydrogens (tertiary/aromatic N) is 3. The number of halogens is 3. The van der Waals surface area contributed by atoms with E-state index in [4.69, 9.17) is 5.53 Å². The molecular formula is C16H12F3N3. The minimum absolute atomic E-state index is 0.0283. The molecule has 0 heterocycles. The Hall–Kier alpha value is -2.72. The van der Waals surface area contributed by atoms with Gasteiger partial charge in [0, 0.05) is 10.6 Å². The van der Waals surface area contributed by atoms with Gasteiger partial charge in [-0.05, 0) is 22.2 Å². The molecule has 0 aliphatic carbocycles. The van der Waals surface area contributed by atoms with Gasteiger partial charge in [-0.25, -0.2) is 0 Å². The molecule has 112 valence electrons. The third kappa shape index (κ3) is 4.40. The highest BCUT2D eigenvalue weighted by molar-refractivity contribution is 5.69. The monoisotopic (exact) mass is 303 g/mol. The van der Waals surface area contributed by atoms with Gasteiger partial charge in [-0.1, -0.05) is 65.8 Å². The molecule has 0 fully saturated rings. The average Bonchev–Trinajstić information content (AvgIpc) is 2.52. The lowest BCUT2D eigenvalue weighted by molar-refractivity contribution is -0.124. The van der Waals surface area contributed by atoms with Crippen molar-refractivity contribution in [2.24, 2.45) is 5.11 Å². The Morgan fingerprint density at radius 1 is 1.00 bits per heavy atom. The van der Waals surface area contributed by atoms with Crippen LogP contribution in [0.4, 0.5) is 13.2 Å². The van der Waals surface area contributed by atoms with E-state index in [0.717, 1.165) is 17.2 Å². The summed E-state index contributed by atoms with van der Waals surface area (Å²) in [6.45, 7) is 0. The first kappa shape index (κ1) is 15.7. The molecule has 0 aromatic heterocycles. The molecule has 2 aromatic rings. The van der Waals surface area contributed by atoms with Gasteiger partial charge in [0.2, 0.25) is 0 Å². The molecule has 0 aliphatic heterocycles. The molecular weight excluding hydrogens is 291 g/mol. The molecule has 2 rings (SSSR count). The number of benzene rings is 2. The Labute approximate surface area is 125 Å². The Kier molecular flexibility index (Phi) is 4.86. The molecule has 0 aliphatic rings. The van der Waals surface area contributed by atoms with Gasteiger partial charge in [0.1, 0.15) is 0 Å². The predicted molar refractivity (Wildman–Crippen MR) is 79.7 cm³/mol. The van der Waals surface area contributed by atoms with E-state index in [2.05, 4.69) is 10.0 Å². The van der Waals surface area contributed by atoms with Gasteiger partial charge in [-0.3, -0.25) is 0 Å². The summed E-state index contributed by atoms with van der Waals surface area (Å²) in [5.74, 6) is 0. The van der Waals surface area contributed by atoms with Crippen molar-refractivity contribution in [3.8, 4) is 11.1 Å². The second-order valence-electron chi connectivity index (χ2n) is 4.54. The lowest BCUT2D eigenvalue weighted by Gasteiger charge is -2.06. The zero-order chi connectivity index (χ0) is 16.0. The first-order valence-corrected chi connectivity index (χ1v) is 6.47. The van der Waals surface area contributed by atoms with Crippen molar-refractivity contribution in [2.75, 3.05) is 0 Å². The number of hydrogen-bond acceptors (Lipinski definition) is 1. The molecule has 0 radical (unpaired) electrons. The van der Waals surface area contributed by atoms with Crippen LogP contribution in [0.5, 0.6) is 0 Å². The molecule has 0 unspecified atom stereocenters. The van der Waals surface area contributed by atoms with Gasteiger partial charge in [-0.2, -0.15) is 13.2 Å². The van der Waals surface area contributed by atoms with Crippen LogP contribution >= 0.6 is 0 Å². The van der Waals surface area contributed by atoms with Crippen LogP contribution in [0, 0.1) is 0 Å². The normalized spacial score (nSPS) is 11.9. The van der Waals surface area contributed by atoms with Crippen molar-refractivity contribution in [2.45, 2.75) is 12.6 Å². The van der Waals surface area contributed by atoms with E-state index in [1.165, 1.54) is 0 Å². The zero-order valence-corrected chi connectivity index (χ0v) is 11.5. The van der Waals surface area contributed by atoms with E-state index in [0.29, 0.717) is 5.56 Å². The number of allylic oxidation sites excluding steroid dienone is 1. The van der Waals surface area contributed by atoms with Crippen molar-refractivity contribution in [1.29, 1.82) is 0 Å². The van der Waals surface area contributed by atoms with Crippen LogP contribution in [-0.2, 0) is 0 Å². The maximum Gasteiger partial charge on any atom is 0.392 e. The van der Waals surface area contributed by atoms with Crippen molar-refractivity contribution in [1.82, 2.24) is 0 Å². The van der Waals surface area contributed by atoms with Crippen LogP contribution in [-0.4, -0.2) is 6.18 Å². The standard InChI is InChI=1S/C16H12F3N3/c17-16(18,19)11-10-15(21-22-20)14-8-6-13(7-9-14)12-4-2-1-3-5-12/h1-10H,11H2.